The third-order valence-corrected chi connectivity index (χ3v) is 3.51. The summed E-state index contributed by atoms with van der Waals surface area (Å²) in [6.07, 6.45) is 5.99. The molecule has 0 atom stereocenters. The quantitative estimate of drug-likeness (QED) is 0.683. The fourth-order valence-electron chi connectivity index (χ4n) is 2.22. The van der Waals surface area contributed by atoms with Crippen LogP contribution in [0.4, 0.5) is 0 Å². The Hall–Kier alpha value is -3.22. The van der Waals surface area contributed by atoms with Gasteiger partial charge in [-0.15, -0.1) is 0 Å². The molecule has 3 aromatic rings. The number of carbonyl (C=O) groups excluding carboxylic acids is 1. The number of carbonyl (C=O) groups is 1. The monoisotopic (exact) mass is 337 g/mol. The summed E-state index contributed by atoms with van der Waals surface area (Å²) in [6, 6.07) is 13.2. The van der Waals surface area contributed by atoms with Crippen LogP contribution in [0.25, 0.3) is 0 Å². The maximum Gasteiger partial charge on any atom is 0.220 e. The lowest BCUT2D eigenvalue weighted by atomic mass is 10.2. The number of pyridine rings is 1. The number of rotatable bonds is 8. The summed E-state index contributed by atoms with van der Waals surface area (Å²) in [4.78, 5) is 20.0. The second-order valence-corrected chi connectivity index (χ2v) is 5.46. The molecule has 2 aromatic heterocycles. The Kier molecular flexibility index (Phi) is 5.71. The van der Waals surface area contributed by atoms with Crippen LogP contribution in [0.2, 0.25) is 0 Å². The third kappa shape index (κ3) is 5.42. The molecular formula is C18H19N5O2. The number of hydrogen-bond acceptors (Lipinski definition) is 5. The Balaban J connectivity index is 1.40. The molecule has 0 bridgehead atoms. The number of hydrogen-bond donors (Lipinski definition) is 1. The minimum Gasteiger partial charge on any atom is -0.439 e. The van der Waals surface area contributed by atoms with Crippen LogP contribution in [0.1, 0.15) is 18.4 Å². The lowest BCUT2D eigenvalue weighted by Crippen LogP contribution is -2.22. The highest BCUT2D eigenvalue weighted by Gasteiger charge is 2.03. The second-order valence-electron chi connectivity index (χ2n) is 5.46. The van der Waals surface area contributed by atoms with Crippen molar-refractivity contribution in [1.29, 1.82) is 0 Å². The Bertz CT molecular complexity index is 773. The summed E-state index contributed by atoms with van der Waals surface area (Å²) in [7, 11) is 0. The first kappa shape index (κ1) is 16.6. The van der Waals surface area contributed by atoms with E-state index in [-0.39, 0.29) is 5.91 Å². The van der Waals surface area contributed by atoms with Crippen molar-refractivity contribution < 1.29 is 9.53 Å². The first-order chi connectivity index (χ1) is 12.3. The third-order valence-electron chi connectivity index (χ3n) is 3.51. The SMILES string of the molecule is O=C(CCCn1cncn1)NCc1ccc(Oc2ccccc2)nc1. The van der Waals surface area contributed by atoms with Crippen LogP contribution in [0.5, 0.6) is 11.6 Å². The van der Waals surface area contributed by atoms with E-state index in [1.807, 2.05) is 36.4 Å². The average molecular weight is 337 g/mol. The van der Waals surface area contributed by atoms with Crippen LogP contribution in [0.3, 0.4) is 0 Å². The van der Waals surface area contributed by atoms with Crippen LogP contribution in [-0.4, -0.2) is 25.7 Å². The van der Waals surface area contributed by atoms with Gasteiger partial charge in [0.2, 0.25) is 11.8 Å². The average Bonchev–Trinajstić information content (AvgIpc) is 3.15. The maximum absolute atomic E-state index is 11.9. The summed E-state index contributed by atoms with van der Waals surface area (Å²) in [6.45, 7) is 1.13. The van der Waals surface area contributed by atoms with Gasteiger partial charge in [0, 0.05) is 31.8 Å². The molecule has 0 saturated carbocycles. The van der Waals surface area contributed by atoms with Gasteiger partial charge >= 0.3 is 0 Å². The first-order valence-electron chi connectivity index (χ1n) is 8.06. The van der Waals surface area contributed by atoms with Crippen molar-refractivity contribution in [1.82, 2.24) is 25.1 Å². The minimum atomic E-state index is 0.00438. The Morgan fingerprint density at radius 2 is 2.04 bits per heavy atom. The maximum atomic E-state index is 11.9. The van der Waals surface area contributed by atoms with E-state index < -0.39 is 0 Å². The van der Waals surface area contributed by atoms with Gasteiger partial charge in [-0.05, 0) is 24.1 Å². The lowest BCUT2D eigenvalue weighted by Gasteiger charge is -2.07. The molecular weight excluding hydrogens is 318 g/mol. The van der Waals surface area contributed by atoms with Crippen LogP contribution in [-0.2, 0) is 17.9 Å². The molecule has 0 aliphatic heterocycles. The summed E-state index contributed by atoms with van der Waals surface area (Å²) >= 11 is 0. The van der Waals surface area contributed by atoms with E-state index in [0.717, 1.165) is 17.7 Å². The van der Waals surface area contributed by atoms with E-state index in [9.17, 15) is 4.79 Å². The molecule has 1 amide bonds. The number of benzene rings is 1. The van der Waals surface area contributed by atoms with Crippen molar-refractivity contribution in [3.05, 3.63) is 66.9 Å². The predicted octanol–water partition coefficient (Wildman–Crippen LogP) is 2.56. The molecule has 128 valence electrons. The van der Waals surface area contributed by atoms with Gasteiger partial charge in [0.05, 0.1) is 0 Å². The molecule has 7 nitrogen and oxygen atoms in total. The fourth-order valence-corrected chi connectivity index (χ4v) is 2.22. The molecule has 0 radical (unpaired) electrons. The molecule has 0 saturated heterocycles. The van der Waals surface area contributed by atoms with Crippen molar-refractivity contribution in [2.24, 2.45) is 0 Å². The van der Waals surface area contributed by atoms with E-state index in [2.05, 4.69) is 20.4 Å². The molecule has 1 N–H and O–H groups in total. The number of ether oxygens (including phenoxy) is 1. The Morgan fingerprint density at radius 1 is 1.16 bits per heavy atom. The highest BCUT2D eigenvalue weighted by Crippen LogP contribution is 2.18. The molecule has 0 fully saturated rings. The summed E-state index contributed by atoms with van der Waals surface area (Å²) < 4.78 is 7.35. The minimum absolute atomic E-state index is 0.00438. The van der Waals surface area contributed by atoms with Crippen molar-refractivity contribution in [3.8, 4) is 11.6 Å². The van der Waals surface area contributed by atoms with Crippen molar-refractivity contribution in [2.45, 2.75) is 25.9 Å². The molecule has 0 aliphatic rings. The normalized spacial score (nSPS) is 10.4. The summed E-state index contributed by atoms with van der Waals surface area (Å²) in [5.41, 5.74) is 0.921. The van der Waals surface area contributed by atoms with Gasteiger partial charge in [0.15, 0.2) is 0 Å². The molecule has 1 aromatic carbocycles. The number of nitrogens with one attached hydrogen (secondary N) is 1. The van der Waals surface area contributed by atoms with Crippen molar-refractivity contribution >= 4 is 5.91 Å². The predicted molar refractivity (Wildman–Crippen MR) is 91.9 cm³/mol. The number of amides is 1. The fraction of sp³-hybridized carbons (Fsp3) is 0.222. The largest absolute Gasteiger partial charge is 0.439 e. The highest BCUT2D eigenvalue weighted by atomic mass is 16.5. The van der Waals surface area contributed by atoms with Crippen molar-refractivity contribution in [3.63, 3.8) is 0 Å². The van der Waals surface area contributed by atoms with Gasteiger partial charge in [-0.3, -0.25) is 9.48 Å². The Morgan fingerprint density at radius 3 is 2.76 bits per heavy atom. The standard InChI is InChI=1S/C18H19N5O2/c24-17(7-4-10-23-14-19-13-22-23)20-11-15-8-9-18(21-12-15)25-16-5-2-1-3-6-16/h1-3,5-6,8-9,12-14H,4,7,10-11H2,(H,20,24). The van der Waals surface area contributed by atoms with E-state index in [1.165, 1.54) is 6.33 Å². The molecule has 0 unspecified atom stereocenters. The molecule has 7 heteroatoms. The Labute approximate surface area is 145 Å². The van der Waals surface area contributed by atoms with Gasteiger partial charge in [0.1, 0.15) is 18.4 Å². The molecule has 3 rings (SSSR count). The zero-order chi connectivity index (χ0) is 17.3. The van der Waals surface area contributed by atoms with E-state index in [1.54, 1.807) is 23.3 Å². The topological polar surface area (TPSA) is 81.9 Å². The summed E-state index contributed by atoms with van der Waals surface area (Å²) in [5, 5.41) is 6.88. The van der Waals surface area contributed by atoms with Crippen LogP contribution in [0.15, 0.2) is 61.3 Å². The van der Waals surface area contributed by atoms with Crippen LogP contribution >= 0.6 is 0 Å². The zero-order valence-electron chi connectivity index (χ0n) is 13.7. The number of nitrogens with zero attached hydrogens (tertiary/aromatic N) is 4. The van der Waals surface area contributed by atoms with E-state index in [4.69, 9.17) is 4.74 Å². The summed E-state index contributed by atoms with van der Waals surface area (Å²) in [5.74, 6) is 1.27. The smallest absolute Gasteiger partial charge is 0.220 e. The van der Waals surface area contributed by atoms with Gasteiger partial charge in [-0.25, -0.2) is 9.97 Å². The molecule has 0 spiro atoms. The van der Waals surface area contributed by atoms with Crippen LogP contribution in [0, 0.1) is 0 Å². The second kappa shape index (κ2) is 8.58. The first-order valence-corrected chi connectivity index (χ1v) is 8.06. The van der Waals surface area contributed by atoms with Crippen LogP contribution < -0.4 is 10.1 Å². The van der Waals surface area contributed by atoms with Gasteiger partial charge in [0.25, 0.3) is 0 Å². The molecule has 2 heterocycles. The van der Waals surface area contributed by atoms with E-state index >= 15 is 0 Å². The molecule has 0 aliphatic carbocycles. The van der Waals surface area contributed by atoms with Gasteiger partial charge in [-0.1, -0.05) is 24.3 Å². The number of aryl methyl sites for hydroxylation is 1. The number of aromatic nitrogens is 4. The van der Waals surface area contributed by atoms with Gasteiger partial charge < -0.3 is 10.1 Å². The van der Waals surface area contributed by atoms with E-state index in [0.29, 0.717) is 25.4 Å². The van der Waals surface area contributed by atoms with Gasteiger partial charge in [-0.2, -0.15) is 5.10 Å². The zero-order valence-corrected chi connectivity index (χ0v) is 13.7. The number of para-hydroxylation sites is 1. The van der Waals surface area contributed by atoms with Crippen molar-refractivity contribution in [2.75, 3.05) is 0 Å². The molecule has 25 heavy (non-hydrogen) atoms. The highest BCUT2D eigenvalue weighted by molar-refractivity contribution is 5.75. The lowest BCUT2D eigenvalue weighted by molar-refractivity contribution is -0.121.